The molecular formula is C18H16N4O2. The number of nitrogens with zero attached hydrogens (tertiary/aromatic N) is 4. The van der Waals surface area contributed by atoms with Crippen molar-refractivity contribution in [3.8, 4) is 0 Å². The summed E-state index contributed by atoms with van der Waals surface area (Å²) in [7, 11) is 0. The van der Waals surface area contributed by atoms with Gasteiger partial charge >= 0.3 is 5.97 Å². The van der Waals surface area contributed by atoms with Crippen LogP contribution in [0.2, 0.25) is 0 Å². The van der Waals surface area contributed by atoms with Crippen LogP contribution < -0.4 is 0 Å². The first-order valence-electron chi connectivity index (χ1n) is 7.68. The molecule has 0 saturated carbocycles. The number of aromatic nitrogens is 4. The van der Waals surface area contributed by atoms with Crippen LogP contribution in [0.4, 0.5) is 0 Å². The van der Waals surface area contributed by atoms with Gasteiger partial charge in [-0.25, -0.2) is 4.79 Å². The second kappa shape index (κ2) is 5.19. The normalized spacial score (nSPS) is 12.8. The highest BCUT2D eigenvalue weighted by Crippen LogP contribution is 2.29. The molecule has 1 aromatic carbocycles. The van der Waals surface area contributed by atoms with Crippen LogP contribution in [0.25, 0.3) is 16.7 Å². The van der Waals surface area contributed by atoms with Crippen molar-refractivity contribution in [1.82, 2.24) is 19.2 Å². The Balaban J connectivity index is 2.05. The molecule has 0 aliphatic heterocycles. The molecule has 0 aliphatic rings. The van der Waals surface area contributed by atoms with Gasteiger partial charge in [0, 0.05) is 5.69 Å². The average molecular weight is 320 g/mol. The number of rotatable bonds is 3. The first-order valence-corrected chi connectivity index (χ1v) is 7.68. The lowest BCUT2D eigenvalue weighted by atomic mass is 10.1. The second-order valence-corrected chi connectivity index (χ2v) is 5.85. The van der Waals surface area contributed by atoms with Gasteiger partial charge in [-0.3, -0.25) is 4.40 Å². The van der Waals surface area contributed by atoms with Crippen LogP contribution in [0, 0.1) is 13.8 Å². The molecule has 6 nitrogen and oxygen atoms in total. The summed E-state index contributed by atoms with van der Waals surface area (Å²) < 4.78 is 3.80. The number of benzene rings is 1. The minimum atomic E-state index is -0.887. The highest BCUT2D eigenvalue weighted by atomic mass is 16.4. The molecule has 1 unspecified atom stereocenters. The van der Waals surface area contributed by atoms with Gasteiger partial charge in [0.25, 0.3) is 0 Å². The van der Waals surface area contributed by atoms with E-state index >= 15 is 0 Å². The predicted octanol–water partition coefficient (Wildman–Crippen LogP) is 2.97. The summed E-state index contributed by atoms with van der Waals surface area (Å²) in [5.74, 6) is -0.110. The monoisotopic (exact) mass is 320 g/mol. The van der Waals surface area contributed by atoms with Crippen molar-refractivity contribution in [2.45, 2.75) is 19.9 Å². The van der Waals surface area contributed by atoms with E-state index in [2.05, 4.69) is 10.2 Å². The lowest BCUT2D eigenvalue weighted by Crippen LogP contribution is -2.21. The third-order valence-electron chi connectivity index (χ3n) is 4.34. The molecule has 0 radical (unpaired) electrons. The van der Waals surface area contributed by atoms with Crippen LogP contribution in [-0.4, -0.2) is 30.2 Å². The van der Waals surface area contributed by atoms with Crippen LogP contribution in [0.1, 0.15) is 23.1 Å². The molecule has 0 amide bonds. The number of aliphatic carboxylic acids is 1. The third kappa shape index (κ3) is 2.00. The van der Waals surface area contributed by atoms with Gasteiger partial charge in [0.2, 0.25) is 0 Å². The molecule has 0 saturated heterocycles. The third-order valence-corrected chi connectivity index (χ3v) is 4.34. The summed E-state index contributed by atoms with van der Waals surface area (Å²) in [6.45, 7) is 3.81. The van der Waals surface area contributed by atoms with E-state index in [4.69, 9.17) is 0 Å². The van der Waals surface area contributed by atoms with E-state index in [1.165, 1.54) is 0 Å². The molecule has 0 bridgehead atoms. The minimum absolute atomic E-state index is 0.742. The van der Waals surface area contributed by atoms with Crippen LogP contribution >= 0.6 is 0 Å². The first-order chi connectivity index (χ1) is 11.6. The summed E-state index contributed by atoms with van der Waals surface area (Å²) in [6, 6.07) is 14.2. The molecule has 4 aromatic rings. The number of aryl methyl sites for hydroxylation is 2. The summed E-state index contributed by atoms with van der Waals surface area (Å²) in [6.07, 6.45) is 0. The van der Waals surface area contributed by atoms with Gasteiger partial charge in [0.1, 0.15) is 5.82 Å². The predicted molar refractivity (Wildman–Crippen MR) is 90.2 cm³/mol. The van der Waals surface area contributed by atoms with Gasteiger partial charge in [0.15, 0.2) is 11.7 Å². The number of hydrogen-bond donors (Lipinski definition) is 1. The Hall–Kier alpha value is -3.15. The van der Waals surface area contributed by atoms with Crippen LogP contribution in [0.5, 0.6) is 0 Å². The van der Waals surface area contributed by atoms with Crippen molar-refractivity contribution in [3.63, 3.8) is 0 Å². The van der Waals surface area contributed by atoms with Crippen molar-refractivity contribution >= 4 is 22.6 Å². The number of fused-ring (bicyclic) bond motifs is 3. The number of hydrogen-bond acceptors (Lipinski definition) is 3. The fourth-order valence-electron chi connectivity index (χ4n) is 3.32. The summed E-state index contributed by atoms with van der Waals surface area (Å²) in [5, 5.41) is 18.1. The van der Waals surface area contributed by atoms with Crippen LogP contribution in [0.15, 0.2) is 48.5 Å². The Bertz CT molecular complexity index is 1060. The number of carboxylic acids is 1. The molecule has 0 spiro atoms. The molecule has 6 heteroatoms. The van der Waals surface area contributed by atoms with Crippen molar-refractivity contribution < 1.29 is 9.90 Å². The standard InChI is InChI=1S/C18H16N4O2/c1-11-10-15-14(8-9-16-20-19-12(2)22(15)16)21(11)17(18(23)24)13-6-4-3-5-7-13/h3-10,17H,1-2H3,(H,23,24). The maximum atomic E-state index is 12.0. The zero-order valence-electron chi connectivity index (χ0n) is 13.3. The summed E-state index contributed by atoms with van der Waals surface area (Å²) in [5.41, 5.74) is 4.13. The Morgan fingerprint density at radius 3 is 2.50 bits per heavy atom. The number of carboxylic acid groups (broad SMARTS) is 1. The zero-order chi connectivity index (χ0) is 16.8. The summed E-state index contributed by atoms with van der Waals surface area (Å²) >= 11 is 0. The van der Waals surface area contributed by atoms with Crippen molar-refractivity contribution in [1.29, 1.82) is 0 Å². The molecular weight excluding hydrogens is 304 g/mol. The van der Waals surface area contributed by atoms with E-state index < -0.39 is 12.0 Å². The molecule has 1 N–H and O–H groups in total. The quantitative estimate of drug-likeness (QED) is 0.630. The van der Waals surface area contributed by atoms with Gasteiger partial charge in [-0.1, -0.05) is 30.3 Å². The Kier molecular flexibility index (Phi) is 3.13. The average Bonchev–Trinajstić information content (AvgIpc) is 3.09. The Morgan fingerprint density at radius 1 is 1.04 bits per heavy atom. The smallest absolute Gasteiger partial charge is 0.331 e. The fraction of sp³-hybridized carbons (Fsp3) is 0.167. The van der Waals surface area contributed by atoms with E-state index in [0.717, 1.165) is 33.8 Å². The van der Waals surface area contributed by atoms with Crippen molar-refractivity contribution in [2.24, 2.45) is 0 Å². The molecule has 120 valence electrons. The topological polar surface area (TPSA) is 72.4 Å². The molecule has 1 atom stereocenters. The molecule has 3 aromatic heterocycles. The van der Waals surface area contributed by atoms with E-state index in [1.807, 2.05) is 71.3 Å². The minimum Gasteiger partial charge on any atom is -0.479 e. The van der Waals surface area contributed by atoms with Gasteiger partial charge in [-0.05, 0) is 37.6 Å². The maximum Gasteiger partial charge on any atom is 0.331 e. The maximum absolute atomic E-state index is 12.0. The van der Waals surface area contributed by atoms with Gasteiger partial charge < -0.3 is 9.67 Å². The van der Waals surface area contributed by atoms with Crippen molar-refractivity contribution in [2.75, 3.05) is 0 Å². The lowest BCUT2D eigenvalue weighted by Gasteiger charge is -2.18. The highest BCUT2D eigenvalue weighted by molar-refractivity contribution is 5.85. The lowest BCUT2D eigenvalue weighted by molar-refractivity contribution is -0.139. The number of pyridine rings is 1. The largest absolute Gasteiger partial charge is 0.479 e. The SMILES string of the molecule is Cc1cc2c(ccc3nnc(C)n32)n1C(C(=O)O)c1ccccc1. The Morgan fingerprint density at radius 2 is 1.79 bits per heavy atom. The first kappa shape index (κ1) is 14.4. The molecule has 24 heavy (non-hydrogen) atoms. The van der Waals surface area contributed by atoms with Gasteiger partial charge in [0.05, 0.1) is 11.0 Å². The Labute approximate surface area is 138 Å². The van der Waals surface area contributed by atoms with E-state index in [9.17, 15) is 9.90 Å². The van der Waals surface area contributed by atoms with Crippen molar-refractivity contribution in [3.05, 3.63) is 65.6 Å². The van der Waals surface area contributed by atoms with Crippen LogP contribution in [0.3, 0.4) is 0 Å². The number of carbonyl (C=O) groups is 1. The van der Waals surface area contributed by atoms with E-state index in [1.54, 1.807) is 0 Å². The molecule has 4 rings (SSSR count). The molecule has 3 heterocycles. The zero-order valence-corrected chi connectivity index (χ0v) is 13.3. The van der Waals surface area contributed by atoms with E-state index in [0.29, 0.717) is 0 Å². The summed E-state index contributed by atoms with van der Waals surface area (Å²) in [4.78, 5) is 12.0. The molecule has 0 fully saturated rings. The van der Waals surface area contributed by atoms with E-state index in [-0.39, 0.29) is 0 Å². The highest BCUT2D eigenvalue weighted by Gasteiger charge is 2.25. The molecule has 0 aliphatic carbocycles. The van der Waals surface area contributed by atoms with Gasteiger partial charge in [-0.2, -0.15) is 0 Å². The second-order valence-electron chi connectivity index (χ2n) is 5.85. The van der Waals surface area contributed by atoms with Gasteiger partial charge in [-0.15, -0.1) is 10.2 Å². The van der Waals surface area contributed by atoms with Crippen LogP contribution in [-0.2, 0) is 4.79 Å². The fourth-order valence-corrected chi connectivity index (χ4v) is 3.32.